The minimum atomic E-state index is -0.239. The molecule has 3 heteroatoms. The van der Waals surface area contributed by atoms with Gasteiger partial charge in [0.25, 0.3) is 0 Å². The van der Waals surface area contributed by atoms with E-state index in [-0.39, 0.29) is 23.2 Å². The van der Waals surface area contributed by atoms with E-state index in [9.17, 15) is 4.79 Å². The highest BCUT2D eigenvalue weighted by atomic mass is 16.1. The number of rotatable bonds is 1. The Labute approximate surface area is 178 Å². The number of benzene rings is 3. The predicted octanol–water partition coefficient (Wildman–Crippen LogP) is 6.53. The van der Waals surface area contributed by atoms with Crippen LogP contribution in [0.1, 0.15) is 43.0 Å². The first kappa shape index (κ1) is 18.9. The molecule has 2 N–H and O–H groups in total. The molecule has 0 bridgehead atoms. The molecular weight excluding hydrogens is 368 g/mol. The summed E-state index contributed by atoms with van der Waals surface area (Å²) in [6.45, 7) is 8.55. The Balaban J connectivity index is 1.76. The lowest BCUT2D eigenvalue weighted by molar-refractivity contribution is -0.124. The third-order valence-electron chi connectivity index (χ3n) is 6.57. The molecule has 1 aliphatic heterocycles. The summed E-state index contributed by atoms with van der Waals surface area (Å²) in [6.07, 6.45) is 2.82. The van der Waals surface area contributed by atoms with Crippen molar-refractivity contribution < 1.29 is 4.79 Å². The molecule has 0 unspecified atom stereocenters. The normalized spacial score (nSPS) is 22.3. The third kappa shape index (κ3) is 3.09. The zero-order valence-corrected chi connectivity index (χ0v) is 18.0. The van der Waals surface area contributed by atoms with Crippen molar-refractivity contribution in [1.82, 2.24) is 0 Å². The van der Waals surface area contributed by atoms with E-state index in [2.05, 4.69) is 99.0 Å². The summed E-state index contributed by atoms with van der Waals surface area (Å²) in [5, 5.41) is 9.80. The van der Waals surface area contributed by atoms with Crippen molar-refractivity contribution in [3.63, 3.8) is 0 Å². The van der Waals surface area contributed by atoms with Gasteiger partial charge in [-0.1, -0.05) is 62.4 Å². The van der Waals surface area contributed by atoms with E-state index < -0.39 is 0 Å². The van der Waals surface area contributed by atoms with E-state index in [0.29, 0.717) is 6.42 Å². The fourth-order valence-electron chi connectivity index (χ4n) is 5.00. The summed E-state index contributed by atoms with van der Waals surface area (Å²) in [5.41, 5.74) is 6.62. The monoisotopic (exact) mass is 396 g/mol. The number of anilines is 2. The van der Waals surface area contributed by atoms with Crippen LogP contribution in [0.2, 0.25) is 0 Å². The molecule has 0 amide bonds. The first-order valence-corrected chi connectivity index (χ1v) is 10.7. The van der Waals surface area contributed by atoms with Crippen molar-refractivity contribution in [2.45, 2.75) is 40.2 Å². The number of nitrogens with one attached hydrogen (secondary N) is 2. The average Bonchev–Trinajstić information content (AvgIpc) is 2.83. The van der Waals surface area contributed by atoms with Crippen LogP contribution in [0.4, 0.5) is 11.4 Å². The Morgan fingerprint density at radius 1 is 0.933 bits per heavy atom. The molecule has 0 saturated heterocycles. The Bertz CT molecular complexity index is 1200. The Morgan fingerprint density at radius 2 is 1.63 bits per heavy atom. The van der Waals surface area contributed by atoms with E-state index in [0.717, 1.165) is 17.1 Å². The maximum absolute atomic E-state index is 13.5. The quantitative estimate of drug-likeness (QED) is 0.491. The highest BCUT2D eigenvalue weighted by Crippen LogP contribution is 2.46. The number of carbonyl (C=O) groups is 1. The van der Waals surface area contributed by atoms with Crippen molar-refractivity contribution in [1.29, 1.82) is 0 Å². The largest absolute Gasteiger partial charge is 0.375 e. The number of carbonyl (C=O) groups excluding carboxylic acids is 1. The minimum absolute atomic E-state index is 0.123. The lowest BCUT2D eigenvalue weighted by Gasteiger charge is -2.35. The van der Waals surface area contributed by atoms with E-state index in [1.54, 1.807) is 0 Å². The van der Waals surface area contributed by atoms with Crippen molar-refractivity contribution in [2.24, 2.45) is 11.3 Å². The predicted molar refractivity (Wildman–Crippen MR) is 125 cm³/mol. The van der Waals surface area contributed by atoms with Crippen molar-refractivity contribution in [3.8, 4) is 0 Å². The molecule has 3 nitrogen and oxygen atoms in total. The van der Waals surface area contributed by atoms with Gasteiger partial charge in [-0.3, -0.25) is 4.79 Å². The lowest BCUT2D eigenvalue weighted by Crippen LogP contribution is -2.36. The third-order valence-corrected chi connectivity index (χ3v) is 6.57. The molecule has 2 aliphatic rings. The number of fused-ring (bicyclic) bond motifs is 3. The van der Waals surface area contributed by atoms with Crippen LogP contribution >= 0.6 is 0 Å². The fourth-order valence-corrected chi connectivity index (χ4v) is 5.00. The van der Waals surface area contributed by atoms with Gasteiger partial charge in [0.2, 0.25) is 0 Å². The van der Waals surface area contributed by atoms with Crippen LogP contribution in [0.15, 0.2) is 66.4 Å². The van der Waals surface area contributed by atoms with Crippen LogP contribution in [0, 0.1) is 25.2 Å². The molecule has 30 heavy (non-hydrogen) atoms. The first-order valence-electron chi connectivity index (χ1n) is 10.7. The topological polar surface area (TPSA) is 41.1 Å². The second kappa shape index (κ2) is 6.73. The summed E-state index contributed by atoms with van der Waals surface area (Å²) in [5.74, 6) is 0.0496. The maximum atomic E-state index is 13.5. The van der Waals surface area contributed by atoms with Gasteiger partial charge in [-0.15, -0.1) is 0 Å². The summed E-state index contributed by atoms with van der Waals surface area (Å²) in [6, 6.07) is 19.1. The molecule has 0 fully saturated rings. The van der Waals surface area contributed by atoms with E-state index in [1.807, 2.05) is 0 Å². The van der Waals surface area contributed by atoms with Gasteiger partial charge in [0.05, 0.1) is 23.3 Å². The highest BCUT2D eigenvalue weighted by molar-refractivity contribution is 5.93. The van der Waals surface area contributed by atoms with Gasteiger partial charge >= 0.3 is 0 Å². The van der Waals surface area contributed by atoms with Crippen LogP contribution < -0.4 is 10.6 Å². The van der Waals surface area contributed by atoms with Gasteiger partial charge in [0, 0.05) is 12.1 Å². The van der Waals surface area contributed by atoms with Gasteiger partial charge in [0.1, 0.15) is 5.78 Å². The average molecular weight is 397 g/mol. The molecule has 0 saturated carbocycles. The minimum Gasteiger partial charge on any atom is -0.375 e. The van der Waals surface area contributed by atoms with Crippen LogP contribution in [0.3, 0.4) is 0 Å². The molecule has 1 heterocycles. The van der Waals surface area contributed by atoms with Gasteiger partial charge in [-0.25, -0.2) is 0 Å². The Hall–Kier alpha value is -3.07. The molecule has 0 spiro atoms. The Morgan fingerprint density at radius 3 is 2.43 bits per heavy atom. The SMILES string of the molecule is Cc1cc2c(cc1C)N[C@@H](c1cccc3ccccc13)[C@H]1C(=O)CC(C)(C)C=C1N2. The van der Waals surface area contributed by atoms with Crippen LogP contribution in [0.5, 0.6) is 0 Å². The molecule has 1 aliphatic carbocycles. The molecule has 0 aromatic heterocycles. The van der Waals surface area contributed by atoms with E-state index in [1.165, 1.54) is 27.5 Å². The standard InChI is InChI=1S/C27H28N2O/c1-16-12-21-22(13-17(16)2)29-26(20-11-7-9-18-8-5-6-10-19(18)20)25-23(28-21)14-27(3,4)15-24(25)30/h5-14,25-26,28-29H,15H2,1-4H3/t25-,26+/m1/s1. The van der Waals surface area contributed by atoms with Gasteiger partial charge in [-0.2, -0.15) is 0 Å². The molecule has 3 aromatic rings. The molecule has 0 radical (unpaired) electrons. The second-order valence-corrected chi connectivity index (χ2v) is 9.51. The maximum Gasteiger partial charge on any atom is 0.145 e. The van der Waals surface area contributed by atoms with E-state index >= 15 is 0 Å². The number of allylic oxidation sites excluding steroid dienone is 1. The number of aryl methyl sites for hydroxylation is 2. The molecule has 2 atom stereocenters. The van der Waals surface area contributed by atoms with Gasteiger partial charge < -0.3 is 10.6 Å². The summed E-state index contributed by atoms with van der Waals surface area (Å²) in [7, 11) is 0. The van der Waals surface area contributed by atoms with Crippen LogP contribution in [0.25, 0.3) is 10.8 Å². The van der Waals surface area contributed by atoms with Gasteiger partial charge in [-0.05, 0) is 58.9 Å². The van der Waals surface area contributed by atoms with E-state index in [4.69, 9.17) is 0 Å². The number of Topliss-reactive ketones (excluding diaryl/α,β-unsaturated/α-hetero) is 1. The number of ketones is 1. The van der Waals surface area contributed by atoms with Crippen molar-refractivity contribution >= 4 is 27.9 Å². The van der Waals surface area contributed by atoms with Gasteiger partial charge in [0.15, 0.2) is 0 Å². The zero-order valence-electron chi connectivity index (χ0n) is 18.0. The summed E-state index contributed by atoms with van der Waals surface area (Å²) < 4.78 is 0. The highest BCUT2D eigenvalue weighted by Gasteiger charge is 2.42. The number of hydrogen-bond acceptors (Lipinski definition) is 3. The summed E-state index contributed by atoms with van der Waals surface area (Å²) in [4.78, 5) is 13.5. The fraction of sp³-hybridized carbons (Fsp3) is 0.296. The summed E-state index contributed by atoms with van der Waals surface area (Å²) >= 11 is 0. The Kier molecular flexibility index (Phi) is 4.25. The van der Waals surface area contributed by atoms with Crippen LogP contribution in [-0.2, 0) is 4.79 Å². The lowest BCUT2D eigenvalue weighted by atomic mass is 9.72. The smallest absolute Gasteiger partial charge is 0.145 e. The molecule has 3 aromatic carbocycles. The van der Waals surface area contributed by atoms with Crippen molar-refractivity contribution in [3.05, 3.63) is 83.1 Å². The zero-order chi connectivity index (χ0) is 21.0. The molecular formula is C27H28N2O. The van der Waals surface area contributed by atoms with Crippen molar-refractivity contribution in [2.75, 3.05) is 10.6 Å². The molecule has 152 valence electrons. The van der Waals surface area contributed by atoms with Crippen LogP contribution in [-0.4, -0.2) is 5.78 Å². The first-order chi connectivity index (χ1) is 14.3. The molecule has 5 rings (SSSR count). The second-order valence-electron chi connectivity index (χ2n) is 9.51. The number of hydrogen-bond donors (Lipinski definition) is 2.